The summed E-state index contributed by atoms with van der Waals surface area (Å²) < 4.78 is 28.6. The summed E-state index contributed by atoms with van der Waals surface area (Å²) in [7, 11) is 0. The molecule has 0 aromatic rings. The molecule has 5 heteroatoms. The van der Waals surface area contributed by atoms with Crippen molar-refractivity contribution < 1.29 is 23.4 Å². The fraction of sp³-hybridized carbons (Fsp3) is 0.875. The summed E-state index contributed by atoms with van der Waals surface area (Å²) in [5.74, 6) is -1.89. The van der Waals surface area contributed by atoms with E-state index in [2.05, 4.69) is 4.74 Å². The lowest BCUT2D eigenvalue weighted by molar-refractivity contribution is -0.157. The van der Waals surface area contributed by atoms with Gasteiger partial charge < -0.3 is 9.84 Å². The summed E-state index contributed by atoms with van der Waals surface area (Å²) in [5, 5.41) is 8.93. The van der Waals surface area contributed by atoms with Crippen LogP contribution in [0.2, 0.25) is 0 Å². The van der Waals surface area contributed by atoms with Crippen molar-refractivity contribution in [1.29, 1.82) is 0 Å². The maximum absolute atomic E-state index is 12.0. The van der Waals surface area contributed by atoms with Gasteiger partial charge in [-0.1, -0.05) is 6.92 Å². The lowest BCUT2D eigenvalue weighted by Crippen LogP contribution is -2.34. The first kappa shape index (κ1) is 12.3. The topological polar surface area (TPSA) is 46.5 Å². The van der Waals surface area contributed by atoms with Crippen LogP contribution in [0.4, 0.5) is 8.78 Å². The van der Waals surface area contributed by atoms with Crippen molar-refractivity contribution in [2.24, 2.45) is 5.92 Å². The lowest BCUT2D eigenvalue weighted by Gasteiger charge is -2.18. The monoisotopic (exact) mass is 196 g/mol. The number of ether oxygens (including phenoxy) is 1. The number of halogens is 2. The zero-order valence-corrected chi connectivity index (χ0v) is 7.67. The minimum atomic E-state index is -2.91. The van der Waals surface area contributed by atoms with Crippen LogP contribution in [0.15, 0.2) is 0 Å². The molecule has 3 nitrogen and oxygen atoms in total. The quantitative estimate of drug-likeness (QED) is 0.672. The van der Waals surface area contributed by atoms with E-state index in [1.807, 2.05) is 0 Å². The Labute approximate surface area is 75.7 Å². The number of carbonyl (C=O) groups is 1. The van der Waals surface area contributed by atoms with Crippen molar-refractivity contribution in [3.05, 3.63) is 0 Å². The predicted molar refractivity (Wildman–Crippen MR) is 42.4 cm³/mol. The van der Waals surface area contributed by atoms with Gasteiger partial charge in [-0.15, -0.1) is 0 Å². The van der Waals surface area contributed by atoms with Crippen LogP contribution in [0.25, 0.3) is 0 Å². The van der Waals surface area contributed by atoms with E-state index >= 15 is 0 Å². The predicted octanol–water partition coefficient (Wildman–Crippen LogP) is 1.20. The van der Waals surface area contributed by atoms with E-state index in [0.29, 0.717) is 0 Å². The number of aliphatic hydroxyl groups excluding tert-OH is 1. The first-order valence-corrected chi connectivity index (χ1v) is 4.17. The zero-order chi connectivity index (χ0) is 10.4. The van der Waals surface area contributed by atoms with E-state index in [-0.39, 0.29) is 13.0 Å². The van der Waals surface area contributed by atoms with Gasteiger partial charge in [-0.05, 0) is 13.3 Å². The zero-order valence-electron chi connectivity index (χ0n) is 7.67. The van der Waals surface area contributed by atoms with Crippen LogP contribution in [0.5, 0.6) is 0 Å². The van der Waals surface area contributed by atoms with Crippen molar-refractivity contribution in [2.75, 3.05) is 6.61 Å². The average Bonchev–Trinajstić information content (AvgIpc) is 2.05. The van der Waals surface area contributed by atoms with Crippen LogP contribution in [-0.2, 0) is 9.53 Å². The Morgan fingerprint density at radius 2 is 2.00 bits per heavy atom. The molecule has 0 aliphatic carbocycles. The standard InChI is InChI=1S/C8H14F2O3/c1-3-5(6(11)7(9)10)8(12)13-4-2/h5-7,11H,3-4H2,1-2H3/t5-,6+/m1/s1. The third-order valence-corrected chi connectivity index (χ3v) is 1.70. The van der Waals surface area contributed by atoms with Gasteiger partial charge in [-0.2, -0.15) is 0 Å². The highest BCUT2D eigenvalue weighted by Gasteiger charge is 2.32. The van der Waals surface area contributed by atoms with Crippen molar-refractivity contribution in [1.82, 2.24) is 0 Å². The fourth-order valence-corrected chi connectivity index (χ4v) is 0.972. The third-order valence-electron chi connectivity index (χ3n) is 1.70. The van der Waals surface area contributed by atoms with Crippen LogP contribution in [0, 0.1) is 5.92 Å². The molecular weight excluding hydrogens is 182 g/mol. The highest BCUT2D eigenvalue weighted by atomic mass is 19.3. The van der Waals surface area contributed by atoms with E-state index in [9.17, 15) is 13.6 Å². The number of alkyl halides is 2. The molecule has 0 unspecified atom stereocenters. The molecule has 78 valence electrons. The van der Waals surface area contributed by atoms with E-state index in [1.165, 1.54) is 0 Å². The Morgan fingerprint density at radius 1 is 1.46 bits per heavy atom. The molecule has 0 saturated carbocycles. The van der Waals surface area contributed by atoms with Crippen LogP contribution in [0.1, 0.15) is 20.3 Å². The molecule has 0 amide bonds. The van der Waals surface area contributed by atoms with Gasteiger partial charge >= 0.3 is 5.97 Å². The molecule has 0 rings (SSSR count). The Balaban J connectivity index is 4.23. The van der Waals surface area contributed by atoms with Crippen molar-refractivity contribution in [2.45, 2.75) is 32.8 Å². The maximum atomic E-state index is 12.0. The van der Waals surface area contributed by atoms with E-state index in [0.717, 1.165) is 0 Å². The van der Waals surface area contributed by atoms with Crippen molar-refractivity contribution in [3.8, 4) is 0 Å². The molecule has 0 heterocycles. The molecule has 2 atom stereocenters. The minimum Gasteiger partial charge on any atom is -0.466 e. The normalized spacial score (nSPS) is 15.5. The molecule has 0 aromatic heterocycles. The smallest absolute Gasteiger partial charge is 0.311 e. The molecule has 13 heavy (non-hydrogen) atoms. The Bertz CT molecular complexity index is 161. The number of esters is 1. The summed E-state index contributed by atoms with van der Waals surface area (Å²) >= 11 is 0. The molecular formula is C8H14F2O3. The second-order valence-corrected chi connectivity index (χ2v) is 2.59. The van der Waals surface area contributed by atoms with Crippen LogP contribution in [0.3, 0.4) is 0 Å². The number of carbonyl (C=O) groups excluding carboxylic acids is 1. The molecule has 0 bridgehead atoms. The van der Waals surface area contributed by atoms with Crippen molar-refractivity contribution >= 4 is 5.97 Å². The first-order chi connectivity index (χ1) is 6.04. The van der Waals surface area contributed by atoms with Gasteiger partial charge in [0, 0.05) is 0 Å². The van der Waals surface area contributed by atoms with Gasteiger partial charge in [-0.25, -0.2) is 8.78 Å². The highest BCUT2D eigenvalue weighted by Crippen LogP contribution is 2.16. The van der Waals surface area contributed by atoms with Gasteiger partial charge in [0.25, 0.3) is 6.43 Å². The number of hydrogen-bond donors (Lipinski definition) is 1. The second kappa shape index (κ2) is 5.85. The second-order valence-electron chi connectivity index (χ2n) is 2.59. The highest BCUT2D eigenvalue weighted by molar-refractivity contribution is 5.73. The molecule has 0 spiro atoms. The number of aliphatic hydroxyl groups is 1. The fourth-order valence-electron chi connectivity index (χ4n) is 0.972. The molecule has 0 fully saturated rings. The van der Waals surface area contributed by atoms with Crippen LogP contribution >= 0.6 is 0 Å². The molecule has 0 aromatic carbocycles. The number of rotatable bonds is 5. The molecule has 1 N–H and O–H groups in total. The summed E-state index contributed by atoms with van der Waals surface area (Å²) in [6.45, 7) is 3.26. The van der Waals surface area contributed by atoms with Crippen molar-refractivity contribution in [3.63, 3.8) is 0 Å². The van der Waals surface area contributed by atoms with Gasteiger partial charge in [0.15, 0.2) is 0 Å². The van der Waals surface area contributed by atoms with Crippen LogP contribution in [-0.4, -0.2) is 30.2 Å². The Hall–Kier alpha value is -0.710. The minimum absolute atomic E-state index is 0.130. The van der Waals surface area contributed by atoms with Gasteiger partial charge in [-0.3, -0.25) is 4.79 Å². The molecule has 0 aliphatic rings. The molecule has 0 aliphatic heterocycles. The third kappa shape index (κ3) is 3.67. The summed E-state index contributed by atoms with van der Waals surface area (Å²) in [6.07, 6.45) is -4.69. The van der Waals surface area contributed by atoms with E-state index in [1.54, 1.807) is 13.8 Å². The first-order valence-electron chi connectivity index (χ1n) is 4.17. The largest absolute Gasteiger partial charge is 0.466 e. The summed E-state index contributed by atoms with van der Waals surface area (Å²) in [5.41, 5.74) is 0. The molecule has 0 saturated heterocycles. The Kier molecular flexibility index (Phi) is 5.53. The SMILES string of the molecule is CCOC(=O)[C@H](CC)[C@H](O)C(F)F. The maximum Gasteiger partial charge on any atom is 0.311 e. The van der Waals surface area contributed by atoms with Gasteiger partial charge in [0.1, 0.15) is 6.10 Å². The van der Waals surface area contributed by atoms with E-state index < -0.39 is 24.4 Å². The summed E-state index contributed by atoms with van der Waals surface area (Å²) in [4.78, 5) is 11.0. The van der Waals surface area contributed by atoms with Gasteiger partial charge in [0.2, 0.25) is 0 Å². The molecule has 0 radical (unpaired) electrons. The van der Waals surface area contributed by atoms with Gasteiger partial charge in [0.05, 0.1) is 12.5 Å². The van der Waals surface area contributed by atoms with E-state index in [4.69, 9.17) is 5.11 Å². The summed E-state index contributed by atoms with van der Waals surface area (Å²) in [6, 6.07) is 0. The Morgan fingerprint density at radius 3 is 2.31 bits per heavy atom. The lowest BCUT2D eigenvalue weighted by atomic mass is 10.0. The number of hydrogen-bond acceptors (Lipinski definition) is 3. The van der Waals surface area contributed by atoms with Crippen LogP contribution < -0.4 is 0 Å². The average molecular weight is 196 g/mol.